The number of carbonyl (C=O) groups excluding carboxylic acids is 1. The number of rotatable bonds is 3. The van der Waals surface area contributed by atoms with Gasteiger partial charge in [0.05, 0.1) is 6.10 Å². The van der Waals surface area contributed by atoms with Gasteiger partial charge in [-0.3, -0.25) is 0 Å². The lowest BCUT2D eigenvalue weighted by Gasteiger charge is -2.23. The molecule has 0 aromatic carbocycles. The molecule has 69 valence electrons. The van der Waals surface area contributed by atoms with Crippen molar-refractivity contribution in [3.05, 3.63) is 0 Å². The summed E-state index contributed by atoms with van der Waals surface area (Å²) in [5.41, 5.74) is 0. The molecule has 0 saturated carbocycles. The second kappa shape index (κ2) is 4.42. The Morgan fingerprint density at radius 1 is 1.50 bits per heavy atom. The number of ether oxygens (including phenoxy) is 2. The van der Waals surface area contributed by atoms with Crippen LogP contribution >= 0.6 is 0 Å². The number of hydrogen-bond donors (Lipinski definition) is 0. The van der Waals surface area contributed by atoms with Crippen molar-refractivity contribution in [2.45, 2.75) is 32.0 Å². The lowest BCUT2D eigenvalue weighted by Crippen LogP contribution is -2.30. The minimum absolute atomic E-state index is 0.0200. The predicted octanol–water partition coefficient (Wildman–Crippen LogP) is 0.528. The Labute approximate surface area is 71.5 Å². The van der Waals surface area contributed by atoms with Crippen LogP contribution in [-0.2, 0) is 19.4 Å². The third kappa shape index (κ3) is 2.79. The first-order valence-corrected chi connectivity index (χ1v) is 4.14. The summed E-state index contributed by atoms with van der Waals surface area (Å²) in [6, 6.07) is 0. The van der Waals surface area contributed by atoms with Gasteiger partial charge in [-0.05, 0) is 19.8 Å². The molecule has 0 N–H and O–H groups in total. The fourth-order valence-corrected chi connectivity index (χ4v) is 1.16. The van der Waals surface area contributed by atoms with Gasteiger partial charge in [-0.15, -0.1) is 0 Å². The van der Waals surface area contributed by atoms with Crippen molar-refractivity contribution in [3.63, 3.8) is 0 Å². The Morgan fingerprint density at radius 2 is 2.08 bits per heavy atom. The Morgan fingerprint density at radius 3 is 2.58 bits per heavy atom. The average Bonchev–Trinajstić information content (AvgIpc) is 2.06. The van der Waals surface area contributed by atoms with Crippen LogP contribution in [-0.4, -0.2) is 31.4 Å². The second-order valence-electron chi connectivity index (χ2n) is 2.91. The zero-order valence-electron chi connectivity index (χ0n) is 7.12. The van der Waals surface area contributed by atoms with Gasteiger partial charge >= 0.3 is 5.97 Å². The molecule has 4 heteroatoms. The Hall–Kier alpha value is -0.610. The van der Waals surface area contributed by atoms with Gasteiger partial charge in [-0.25, -0.2) is 9.90 Å². The second-order valence-corrected chi connectivity index (χ2v) is 2.91. The van der Waals surface area contributed by atoms with E-state index in [1.807, 2.05) is 0 Å². The SMILES string of the molecule is C[C@@H](OC1CCOCC1)C([O])=O. The highest BCUT2D eigenvalue weighted by atomic mass is 16.5. The minimum atomic E-state index is -1.15. The van der Waals surface area contributed by atoms with Crippen LogP contribution in [0.5, 0.6) is 0 Å². The highest BCUT2D eigenvalue weighted by Gasteiger charge is 2.21. The summed E-state index contributed by atoms with van der Waals surface area (Å²) in [7, 11) is 0. The maximum Gasteiger partial charge on any atom is 0.383 e. The molecule has 12 heavy (non-hydrogen) atoms. The van der Waals surface area contributed by atoms with Crippen molar-refractivity contribution in [2.24, 2.45) is 0 Å². The van der Waals surface area contributed by atoms with Gasteiger partial charge in [0.2, 0.25) is 0 Å². The molecule has 1 aliphatic heterocycles. The van der Waals surface area contributed by atoms with Crippen LogP contribution in [0.2, 0.25) is 0 Å². The minimum Gasteiger partial charge on any atom is -0.381 e. The van der Waals surface area contributed by atoms with Gasteiger partial charge in [-0.1, -0.05) is 0 Å². The van der Waals surface area contributed by atoms with Crippen LogP contribution in [0.25, 0.3) is 0 Å². The average molecular weight is 173 g/mol. The van der Waals surface area contributed by atoms with Crippen LogP contribution in [0, 0.1) is 0 Å². The Kier molecular flexibility index (Phi) is 3.49. The summed E-state index contributed by atoms with van der Waals surface area (Å²) in [6.45, 7) is 2.81. The van der Waals surface area contributed by atoms with Crippen molar-refractivity contribution in [2.75, 3.05) is 13.2 Å². The highest BCUT2D eigenvalue weighted by molar-refractivity contribution is 5.71. The fourth-order valence-electron chi connectivity index (χ4n) is 1.16. The lowest BCUT2D eigenvalue weighted by atomic mass is 10.1. The van der Waals surface area contributed by atoms with Crippen LogP contribution in [0.15, 0.2) is 0 Å². The molecule has 1 fully saturated rings. The van der Waals surface area contributed by atoms with Gasteiger partial charge in [-0.2, -0.15) is 0 Å². The first-order chi connectivity index (χ1) is 5.70. The summed E-state index contributed by atoms with van der Waals surface area (Å²) < 4.78 is 10.3. The normalized spacial score (nSPS) is 22.1. The van der Waals surface area contributed by atoms with Gasteiger partial charge in [0.25, 0.3) is 0 Å². The molecule has 0 bridgehead atoms. The maximum atomic E-state index is 10.3. The molecule has 0 spiro atoms. The van der Waals surface area contributed by atoms with Crippen molar-refractivity contribution >= 4 is 5.97 Å². The van der Waals surface area contributed by atoms with E-state index in [4.69, 9.17) is 9.47 Å². The highest BCUT2D eigenvalue weighted by Crippen LogP contribution is 2.12. The first-order valence-electron chi connectivity index (χ1n) is 4.14. The van der Waals surface area contributed by atoms with E-state index in [2.05, 4.69) is 0 Å². The van der Waals surface area contributed by atoms with Crippen molar-refractivity contribution < 1.29 is 19.4 Å². The molecule has 1 radical (unpaired) electrons. The molecular formula is C8H13O4. The first kappa shape index (κ1) is 9.48. The van der Waals surface area contributed by atoms with Gasteiger partial charge in [0, 0.05) is 13.2 Å². The quantitative estimate of drug-likeness (QED) is 0.625. The molecule has 1 atom stereocenters. The largest absolute Gasteiger partial charge is 0.383 e. The van der Waals surface area contributed by atoms with Gasteiger partial charge in [0.15, 0.2) is 6.10 Å². The van der Waals surface area contributed by atoms with Crippen molar-refractivity contribution in [3.8, 4) is 0 Å². The number of carbonyl (C=O) groups is 1. The number of hydrogen-bond acceptors (Lipinski definition) is 3. The van der Waals surface area contributed by atoms with Gasteiger partial charge in [0.1, 0.15) is 0 Å². The van der Waals surface area contributed by atoms with E-state index in [1.165, 1.54) is 6.92 Å². The lowest BCUT2D eigenvalue weighted by molar-refractivity contribution is -0.162. The topological polar surface area (TPSA) is 55.4 Å². The Balaban J connectivity index is 2.24. The maximum absolute atomic E-state index is 10.3. The molecule has 0 aromatic rings. The van der Waals surface area contributed by atoms with E-state index in [9.17, 15) is 9.90 Å². The van der Waals surface area contributed by atoms with Crippen LogP contribution in [0.4, 0.5) is 0 Å². The third-order valence-corrected chi connectivity index (χ3v) is 1.90. The molecule has 0 aliphatic carbocycles. The molecule has 1 aliphatic rings. The van der Waals surface area contributed by atoms with Crippen LogP contribution in [0.3, 0.4) is 0 Å². The zero-order valence-corrected chi connectivity index (χ0v) is 7.12. The van der Waals surface area contributed by atoms with E-state index < -0.39 is 12.1 Å². The third-order valence-electron chi connectivity index (χ3n) is 1.90. The Bertz CT molecular complexity index is 151. The van der Waals surface area contributed by atoms with E-state index in [0.29, 0.717) is 13.2 Å². The zero-order chi connectivity index (χ0) is 8.97. The summed E-state index contributed by atoms with van der Waals surface area (Å²) in [4.78, 5) is 10.3. The molecule has 1 saturated heterocycles. The summed E-state index contributed by atoms with van der Waals surface area (Å²) in [6.07, 6.45) is 0.759. The molecule has 0 amide bonds. The summed E-state index contributed by atoms with van der Waals surface area (Å²) >= 11 is 0. The molecule has 0 unspecified atom stereocenters. The summed E-state index contributed by atoms with van der Waals surface area (Å²) in [5.74, 6) is -1.15. The van der Waals surface area contributed by atoms with E-state index in [0.717, 1.165) is 12.8 Å². The van der Waals surface area contributed by atoms with Crippen molar-refractivity contribution in [1.82, 2.24) is 0 Å². The monoisotopic (exact) mass is 173 g/mol. The van der Waals surface area contributed by atoms with E-state index in [1.54, 1.807) is 0 Å². The van der Waals surface area contributed by atoms with Crippen LogP contribution < -0.4 is 0 Å². The van der Waals surface area contributed by atoms with Crippen molar-refractivity contribution in [1.29, 1.82) is 0 Å². The predicted molar refractivity (Wildman–Crippen MR) is 40.1 cm³/mol. The molecule has 1 rings (SSSR count). The standard InChI is InChI=1S/C8H13O4/c1-6(8(9)10)12-7-2-4-11-5-3-7/h6-7H,2-5H2,1H3/t6-/m1/s1. The molecule has 4 nitrogen and oxygen atoms in total. The fraction of sp³-hybridized carbons (Fsp3) is 0.875. The smallest absolute Gasteiger partial charge is 0.381 e. The van der Waals surface area contributed by atoms with E-state index >= 15 is 0 Å². The van der Waals surface area contributed by atoms with E-state index in [-0.39, 0.29) is 6.10 Å². The molecule has 1 heterocycles. The summed E-state index contributed by atoms with van der Waals surface area (Å²) in [5, 5.41) is 10.3. The molecular weight excluding hydrogens is 160 g/mol. The van der Waals surface area contributed by atoms with Crippen LogP contribution in [0.1, 0.15) is 19.8 Å². The van der Waals surface area contributed by atoms with Gasteiger partial charge < -0.3 is 9.47 Å². The molecule has 0 aromatic heterocycles.